The van der Waals surface area contributed by atoms with Gasteiger partial charge in [0.2, 0.25) is 5.75 Å². The lowest BCUT2D eigenvalue weighted by Crippen LogP contribution is -2.48. The van der Waals surface area contributed by atoms with Crippen molar-refractivity contribution in [2.45, 2.75) is 6.04 Å². The molecule has 1 aliphatic rings. The quantitative estimate of drug-likeness (QED) is 0.708. The van der Waals surface area contributed by atoms with Crippen LogP contribution in [0.2, 0.25) is 0 Å². The second-order valence-electron chi connectivity index (χ2n) is 7.49. The van der Waals surface area contributed by atoms with Gasteiger partial charge in [0, 0.05) is 51.7 Å². The fourth-order valence-corrected chi connectivity index (χ4v) is 3.94. The van der Waals surface area contributed by atoms with Crippen LogP contribution in [0.4, 0.5) is 0 Å². The Bertz CT molecular complexity index is 859. The zero-order chi connectivity index (χ0) is 21.7. The molecule has 0 radical (unpaired) electrons. The first-order valence-corrected chi connectivity index (χ1v) is 10.1. The van der Waals surface area contributed by atoms with Gasteiger partial charge in [0.05, 0.1) is 32.9 Å². The lowest BCUT2D eigenvalue weighted by atomic mass is 10.1. The van der Waals surface area contributed by atoms with E-state index in [1.54, 1.807) is 19.2 Å². The number of aryl methyl sites for hydroxylation is 1. The topological polar surface area (TPSA) is 68.2 Å². The maximum absolute atomic E-state index is 13.1. The average molecular weight is 417 g/mol. The predicted octanol–water partition coefficient (Wildman–Crippen LogP) is 1.77. The summed E-state index contributed by atoms with van der Waals surface area (Å²) in [6.45, 7) is 4.44. The Morgan fingerprint density at radius 1 is 1.00 bits per heavy atom. The van der Waals surface area contributed by atoms with Gasteiger partial charge < -0.3 is 29.0 Å². The van der Waals surface area contributed by atoms with Crippen LogP contribution in [0.1, 0.15) is 22.1 Å². The minimum Gasteiger partial charge on any atom is -0.493 e. The maximum Gasteiger partial charge on any atom is 0.255 e. The van der Waals surface area contributed by atoms with Crippen LogP contribution in [-0.2, 0) is 7.05 Å². The fraction of sp³-hybridized carbons (Fsp3) is 0.500. The number of rotatable bonds is 8. The molecule has 0 bridgehead atoms. The molecule has 0 aliphatic carbocycles. The summed E-state index contributed by atoms with van der Waals surface area (Å²) in [5.74, 6) is 1.08. The van der Waals surface area contributed by atoms with Crippen LogP contribution in [0.3, 0.4) is 0 Å². The molecule has 1 saturated heterocycles. The van der Waals surface area contributed by atoms with E-state index in [-0.39, 0.29) is 11.9 Å². The number of piperazine rings is 1. The summed E-state index contributed by atoms with van der Waals surface area (Å²) in [7, 11) is 8.78. The lowest BCUT2D eigenvalue weighted by molar-refractivity contribution is 0.0874. The Kier molecular flexibility index (Phi) is 7.23. The highest BCUT2D eigenvalue weighted by Crippen LogP contribution is 2.39. The zero-order valence-electron chi connectivity index (χ0n) is 18.5. The van der Waals surface area contributed by atoms with E-state index >= 15 is 0 Å². The van der Waals surface area contributed by atoms with Crippen molar-refractivity contribution < 1.29 is 19.0 Å². The van der Waals surface area contributed by atoms with E-state index in [1.807, 2.05) is 19.3 Å². The van der Waals surface area contributed by atoms with Gasteiger partial charge in [-0.15, -0.1) is 0 Å². The largest absolute Gasteiger partial charge is 0.493 e. The van der Waals surface area contributed by atoms with Gasteiger partial charge in [0.25, 0.3) is 5.91 Å². The maximum atomic E-state index is 13.1. The fourth-order valence-electron chi connectivity index (χ4n) is 3.94. The Labute approximate surface area is 178 Å². The van der Waals surface area contributed by atoms with Gasteiger partial charge in [0.15, 0.2) is 11.5 Å². The number of nitrogens with one attached hydrogen (secondary N) is 1. The molecule has 1 atom stereocenters. The van der Waals surface area contributed by atoms with E-state index < -0.39 is 0 Å². The van der Waals surface area contributed by atoms with Crippen molar-refractivity contribution in [2.75, 3.05) is 61.1 Å². The molecular formula is C22H32N4O4. The molecular weight excluding hydrogens is 384 g/mol. The molecule has 164 valence electrons. The molecule has 1 aromatic carbocycles. The van der Waals surface area contributed by atoms with E-state index in [0.29, 0.717) is 29.4 Å². The number of methoxy groups -OCH3 is 3. The SMILES string of the molecule is COc1ccc(C(=O)NC[C@H](c2cccn2C)N2CCN(C)CC2)c(OC)c1OC. The van der Waals surface area contributed by atoms with E-state index in [4.69, 9.17) is 14.2 Å². The number of hydrogen-bond donors (Lipinski definition) is 1. The van der Waals surface area contributed by atoms with E-state index in [9.17, 15) is 4.79 Å². The molecule has 0 saturated carbocycles. The number of likely N-dealkylation sites (N-methyl/N-ethyl adjacent to an activating group) is 1. The van der Waals surface area contributed by atoms with Crippen LogP contribution in [0.25, 0.3) is 0 Å². The summed E-state index contributed by atoms with van der Waals surface area (Å²) >= 11 is 0. The van der Waals surface area contributed by atoms with Gasteiger partial charge in [-0.05, 0) is 31.3 Å². The minimum absolute atomic E-state index is 0.0915. The van der Waals surface area contributed by atoms with Crippen molar-refractivity contribution in [3.05, 3.63) is 41.7 Å². The number of carbonyl (C=O) groups excluding carboxylic acids is 1. The molecule has 1 amide bonds. The van der Waals surface area contributed by atoms with E-state index in [2.05, 4.69) is 32.8 Å². The molecule has 1 aliphatic heterocycles. The third kappa shape index (κ3) is 4.55. The van der Waals surface area contributed by atoms with Crippen LogP contribution in [-0.4, -0.2) is 81.4 Å². The highest BCUT2D eigenvalue weighted by molar-refractivity contribution is 5.98. The molecule has 3 rings (SSSR count). The number of hydrogen-bond acceptors (Lipinski definition) is 6. The monoisotopic (exact) mass is 416 g/mol. The van der Waals surface area contributed by atoms with Crippen molar-refractivity contribution in [3.63, 3.8) is 0 Å². The Morgan fingerprint density at radius 2 is 1.70 bits per heavy atom. The van der Waals surface area contributed by atoms with Gasteiger partial charge in [-0.25, -0.2) is 0 Å². The van der Waals surface area contributed by atoms with Crippen LogP contribution in [0.5, 0.6) is 17.2 Å². The number of carbonyl (C=O) groups is 1. The van der Waals surface area contributed by atoms with Crippen molar-refractivity contribution in [3.8, 4) is 17.2 Å². The lowest BCUT2D eigenvalue weighted by Gasteiger charge is -2.38. The summed E-state index contributed by atoms with van der Waals surface area (Å²) in [5.41, 5.74) is 1.60. The van der Waals surface area contributed by atoms with Crippen LogP contribution in [0, 0.1) is 0 Å². The predicted molar refractivity (Wildman–Crippen MR) is 116 cm³/mol. The van der Waals surface area contributed by atoms with Crippen molar-refractivity contribution in [1.82, 2.24) is 19.7 Å². The number of ether oxygens (including phenoxy) is 3. The molecule has 30 heavy (non-hydrogen) atoms. The van der Waals surface area contributed by atoms with E-state index in [1.165, 1.54) is 19.9 Å². The minimum atomic E-state index is -0.207. The first kappa shape index (κ1) is 22.0. The molecule has 8 nitrogen and oxygen atoms in total. The second-order valence-corrected chi connectivity index (χ2v) is 7.49. The van der Waals surface area contributed by atoms with Crippen LogP contribution < -0.4 is 19.5 Å². The molecule has 1 N–H and O–H groups in total. The summed E-state index contributed by atoms with van der Waals surface area (Å²) < 4.78 is 18.3. The number of amides is 1. The average Bonchev–Trinajstić information content (AvgIpc) is 3.19. The number of benzene rings is 1. The number of nitrogens with zero attached hydrogens (tertiary/aromatic N) is 3. The highest BCUT2D eigenvalue weighted by atomic mass is 16.5. The summed E-state index contributed by atoms with van der Waals surface area (Å²) in [5, 5.41) is 3.10. The Hall–Kier alpha value is -2.71. The molecule has 2 heterocycles. The number of aromatic nitrogens is 1. The molecule has 0 spiro atoms. The molecule has 1 aromatic heterocycles. The van der Waals surface area contributed by atoms with Crippen LogP contribution >= 0.6 is 0 Å². The summed E-state index contributed by atoms with van der Waals surface area (Å²) in [6, 6.07) is 7.66. The Morgan fingerprint density at radius 3 is 2.27 bits per heavy atom. The van der Waals surface area contributed by atoms with Crippen LogP contribution in [0.15, 0.2) is 30.5 Å². The molecule has 1 fully saturated rings. The standard InChI is InChI=1S/C22H32N4O4/c1-24-11-13-26(14-12-24)18(17-7-6-10-25(17)2)15-23-22(27)16-8-9-19(28-3)21(30-5)20(16)29-4/h6-10,18H,11-15H2,1-5H3,(H,23,27)/t18-/m1/s1. The van der Waals surface area contributed by atoms with Gasteiger partial charge in [-0.1, -0.05) is 0 Å². The Balaban J connectivity index is 1.80. The summed E-state index contributed by atoms with van der Waals surface area (Å²) in [6.07, 6.45) is 2.04. The molecule has 8 heteroatoms. The van der Waals surface area contributed by atoms with Crippen molar-refractivity contribution >= 4 is 5.91 Å². The van der Waals surface area contributed by atoms with Crippen molar-refractivity contribution in [2.24, 2.45) is 7.05 Å². The normalized spacial score (nSPS) is 16.2. The zero-order valence-corrected chi connectivity index (χ0v) is 18.5. The van der Waals surface area contributed by atoms with Gasteiger partial charge >= 0.3 is 0 Å². The van der Waals surface area contributed by atoms with E-state index in [0.717, 1.165) is 26.2 Å². The third-order valence-electron chi connectivity index (χ3n) is 5.71. The molecule has 2 aromatic rings. The van der Waals surface area contributed by atoms with Crippen molar-refractivity contribution in [1.29, 1.82) is 0 Å². The highest BCUT2D eigenvalue weighted by Gasteiger charge is 2.27. The van der Waals surface area contributed by atoms with Gasteiger partial charge in [-0.3, -0.25) is 9.69 Å². The second kappa shape index (κ2) is 9.86. The first-order valence-electron chi connectivity index (χ1n) is 10.1. The first-order chi connectivity index (χ1) is 14.5. The van der Waals surface area contributed by atoms with Gasteiger partial charge in [0.1, 0.15) is 0 Å². The summed E-state index contributed by atoms with van der Waals surface area (Å²) in [4.78, 5) is 17.8. The third-order valence-corrected chi connectivity index (χ3v) is 5.71. The molecule has 0 unspecified atom stereocenters. The smallest absolute Gasteiger partial charge is 0.255 e. The van der Waals surface area contributed by atoms with Gasteiger partial charge in [-0.2, -0.15) is 0 Å².